The number of carbonyl (C=O) groups is 6. The van der Waals surface area contributed by atoms with Crippen LogP contribution in [-0.2, 0) is 40.5 Å². The Morgan fingerprint density at radius 3 is 1.71 bits per heavy atom. The summed E-state index contributed by atoms with van der Waals surface area (Å²) in [5.41, 5.74) is 0.0840. The van der Waals surface area contributed by atoms with Crippen LogP contribution < -0.4 is 30.3 Å². The molecule has 2 aliphatic heterocycles. The van der Waals surface area contributed by atoms with Crippen molar-refractivity contribution in [2.45, 2.75) is 43.7 Å². The highest BCUT2D eigenvalue weighted by Gasteiger charge is 2.35. The van der Waals surface area contributed by atoms with Crippen molar-refractivity contribution in [2.75, 3.05) is 17.4 Å². The van der Waals surface area contributed by atoms with Crippen LogP contribution >= 0.6 is 0 Å². The fourth-order valence-electron chi connectivity index (χ4n) is 4.31. The molecule has 2 fully saturated rings. The Bertz CT molecular complexity index is 1840. The van der Waals surface area contributed by atoms with E-state index in [1.807, 2.05) is 21.3 Å². The first-order valence-electron chi connectivity index (χ1n) is 14.1. The maximum absolute atomic E-state index is 13.5. The van der Waals surface area contributed by atoms with Crippen molar-refractivity contribution in [1.82, 2.24) is 26.0 Å². The number of rotatable bonds is 13. The lowest BCUT2D eigenvalue weighted by molar-refractivity contribution is -0.133. The molecule has 4 rings (SSSR count). The molecule has 2 aromatic rings. The quantitative estimate of drug-likeness (QED) is 0.0978. The van der Waals surface area contributed by atoms with Crippen LogP contribution in [0, 0.1) is 0 Å². The van der Waals surface area contributed by atoms with Gasteiger partial charge in [0.15, 0.2) is 0 Å². The average Bonchev–Trinajstić information content (AvgIpc) is 3.01. The predicted molar refractivity (Wildman–Crippen MR) is 166 cm³/mol. The van der Waals surface area contributed by atoms with Gasteiger partial charge in [0.1, 0.15) is 0 Å². The van der Waals surface area contributed by atoms with Crippen molar-refractivity contribution in [3.63, 3.8) is 0 Å². The topological polar surface area (TPSA) is 287 Å². The van der Waals surface area contributed by atoms with E-state index in [9.17, 15) is 45.9 Å². The minimum atomic E-state index is -4.29. The number of amides is 8. The van der Waals surface area contributed by atoms with Crippen LogP contribution in [0.2, 0.25) is 0 Å². The van der Waals surface area contributed by atoms with Crippen LogP contribution in [0.25, 0.3) is 11.1 Å². The van der Waals surface area contributed by atoms with Crippen LogP contribution in [0.4, 0.5) is 26.7 Å². The third kappa shape index (κ3) is 8.14. The molecule has 1 unspecified atom stereocenters. The van der Waals surface area contributed by atoms with Gasteiger partial charge in [0.2, 0.25) is 22.1 Å². The fraction of sp³-hybridized carbons (Fsp3) is 0.308. The summed E-state index contributed by atoms with van der Waals surface area (Å²) in [6.07, 6.45) is 0.812. The van der Waals surface area contributed by atoms with Crippen molar-refractivity contribution in [1.29, 1.82) is 0 Å². The number of anilines is 1. The molecule has 8 amide bonds. The Labute approximate surface area is 274 Å². The SMILES string of the molecule is CCCNS(=O)(=O)c1cc(N=NC2C(=O)NC(=O)NC2=O)ccc1-c1ccc(N=NC2C(=O)NC(=O)NC2=O)cc1N(CCC)S(=O)O. The van der Waals surface area contributed by atoms with Gasteiger partial charge in [0, 0.05) is 24.2 Å². The first-order valence-corrected chi connectivity index (χ1v) is 16.6. The molecule has 2 heterocycles. The van der Waals surface area contributed by atoms with Gasteiger partial charge in [-0.1, -0.05) is 26.0 Å². The second kappa shape index (κ2) is 15.1. The zero-order chi connectivity index (χ0) is 35.2. The monoisotopic (exact) mass is 704 g/mol. The zero-order valence-electron chi connectivity index (χ0n) is 25.1. The van der Waals surface area contributed by atoms with Crippen molar-refractivity contribution < 1.29 is 45.9 Å². The smallest absolute Gasteiger partial charge is 0.289 e. The molecular formula is C26H28N10O10S2. The van der Waals surface area contributed by atoms with Gasteiger partial charge in [-0.2, -0.15) is 20.5 Å². The lowest BCUT2D eigenvalue weighted by atomic mass is 10.0. The summed E-state index contributed by atoms with van der Waals surface area (Å²) in [7, 11) is -4.29. The van der Waals surface area contributed by atoms with Gasteiger partial charge in [-0.3, -0.25) is 49.3 Å². The second-order valence-electron chi connectivity index (χ2n) is 9.96. The van der Waals surface area contributed by atoms with E-state index in [0.29, 0.717) is 12.8 Å². The van der Waals surface area contributed by atoms with E-state index in [1.54, 1.807) is 13.8 Å². The Hall–Kier alpha value is -5.32. The van der Waals surface area contributed by atoms with E-state index in [4.69, 9.17) is 0 Å². The summed E-state index contributed by atoms with van der Waals surface area (Å²) >= 11 is -2.63. The Balaban J connectivity index is 1.84. The highest BCUT2D eigenvalue weighted by molar-refractivity contribution is 7.89. The van der Waals surface area contributed by atoms with Crippen LogP contribution in [-0.4, -0.2) is 78.0 Å². The number of sulfonamides is 1. The molecule has 1 atom stereocenters. The van der Waals surface area contributed by atoms with Gasteiger partial charge in [-0.05, 0) is 37.1 Å². The van der Waals surface area contributed by atoms with E-state index in [0.717, 1.165) is 10.4 Å². The second-order valence-corrected chi connectivity index (χ2v) is 12.6. The highest BCUT2D eigenvalue weighted by atomic mass is 32.2. The van der Waals surface area contributed by atoms with E-state index in [-0.39, 0.29) is 46.2 Å². The standard InChI is InChI=1S/C26H28N10O10S2/c1-3-9-27-48(45,46)18-12-14(33-35-20-23(39)30-26(42)31-24(20)40)6-8-16(18)15-7-5-13(11-17(15)36(10-4-2)47(43)44)32-34-19-21(37)28-25(41)29-22(19)38/h5-8,11-12,19-20,27H,3-4,9-10H2,1-2H3,(H,43,44)(H2,28,29,37,38,41)(H2,30,31,39,40,42). The number of azo groups is 2. The minimum absolute atomic E-state index is 0.000690. The number of imide groups is 4. The van der Waals surface area contributed by atoms with Crippen molar-refractivity contribution in [3.05, 3.63) is 36.4 Å². The zero-order valence-corrected chi connectivity index (χ0v) is 26.8. The molecule has 0 bridgehead atoms. The van der Waals surface area contributed by atoms with E-state index < -0.39 is 69.1 Å². The van der Waals surface area contributed by atoms with Crippen LogP contribution in [0.15, 0.2) is 61.8 Å². The third-order valence-electron chi connectivity index (χ3n) is 6.47. The number of carbonyl (C=O) groups excluding carboxylic acids is 6. The van der Waals surface area contributed by atoms with E-state index in [2.05, 4.69) is 25.2 Å². The molecule has 2 aliphatic rings. The number of nitrogens with zero attached hydrogens (tertiary/aromatic N) is 5. The lowest BCUT2D eigenvalue weighted by Crippen LogP contribution is -2.57. The molecule has 6 N–H and O–H groups in total. The summed E-state index contributed by atoms with van der Waals surface area (Å²) in [5.74, 6) is -4.10. The molecular weight excluding hydrogens is 676 g/mol. The molecule has 2 saturated heterocycles. The van der Waals surface area contributed by atoms with Crippen molar-refractivity contribution >= 4 is 74.0 Å². The number of barbiturate groups is 2. The van der Waals surface area contributed by atoms with E-state index >= 15 is 0 Å². The summed E-state index contributed by atoms with van der Waals surface area (Å²) < 4.78 is 53.3. The van der Waals surface area contributed by atoms with Crippen LogP contribution in [0.1, 0.15) is 26.7 Å². The van der Waals surface area contributed by atoms with Crippen molar-refractivity contribution in [2.24, 2.45) is 20.5 Å². The molecule has 0 aliphatic carbocycles. The fourth-order valence-corrected chi connectivity index (χ4v) is 6.34. The average molecular weight is 705 g/mol. The molecule has 0 aromatic heterocycles. The number of urea groups is 2. The van der Waals surface area contributed by atoms with Crippen LogP contribution in [0.5, 0.6) is 0 Å². The number of nitrogens with one attached hydrogen (secondary N) is 5. The number of hydrogen-bond acceptors (Lipinski definition) is 13. The molecule has 0 saturated carbocycles. The summed E-state index contributed by atoms with van der Waals surface area (Å²) in [6.45, 7) is 3.54. The van der Waals surface area contributed by atoms with Gasteiger partial charge >= 0.3 is 12.1 Å². The molecule has 0 spiro atoms. The number of hydrogen-bond donors (Lipinski definition) is 6. The summed E-state index contributed by atoms with van der Waals surface area (Å²) in [6, 6.07) is 2.32. The normalized spacial score (nSPS) is 17.0. The Kier molecular flexibility index (Phi) is 11.1. The van der Waals surface area contributed by atoms with Gasteiger partial charge in [0.05, 0.1) is 22.0 Å². The molecule has 0 radical (unpaired) electrons. The predicted octanol–water partition coefficient (Wildman–Crippen LogP) is 1.03. The third-order valence-corrected chi connectivity index (χ3v) is 8.73. The molecule has 20 nitrogen and oxygen atoms in total. The molecule has 2 aromatic carbocycles. The Morgan fingerprint density at radius 2 is 1.25 bits per heavy atom. The van der Waals surface area contributed by atoms with E-state index in [1.165, 1.54) is 30.3 Å². The largest absolute Gasteiger partial charge is 0.328 e. The minimum Gasteiger partial charge on any atom is -0.289 e. The molecule has 22 heteroatoms. The van der Waals surface area contributed by atoms with Gasteiger partial charge in [-0.15, -0.1) is 0 Å². The van der Waals surface area contributed by atoms with Gasteiger partial charge in [-0.25, -0.2) is 26.9 Å². The molecule has 254 valence electrons. The highest BCUT2D eigenvalue weighted by Crippen LogP contribution is 2.40. The first kappa shape index (κ1) is 35.5. The lowest BCUT2D eigenvalue weighted by Gasteiger charge is -2.24. The number of benzene rings is 2. The maximum Gasteiger partial charge on any atom is 0.328 e. The Morgan fingerprint density at radius 1 is 0.771 bits per heavy atom. The first-order chi connectivity index (χ1) is 22.7. The van der Waals surface area contributed by atoms with Crippen molar-refractivity contribution in [3.8, 4) is 11.1 Å². The van der Waals surface area contributed by atoms with Gasteiger partial charge in [0.25, 0.3) is 34.9 Å². The van der Waals surface area contributed by atoms with Crippen LogP contribution in [0.3, 0.4) is 0 Å². The molecule has 48 heavy (non-hydrogen) atoms. The van der Waals surface area contributed by atoms with Gasteiger partial charge < -0.3 is 0 Å². The maximum atomic E-state index is 13.5. The summed E-state index contributed by atoms with van der Waals surface area (Å²) in [4.78, 5) is 70.6. The summed E-state index contributed by atoms with van der Waals surface area (Å²) in [5, 5.41) is 22.6.